The zero-order chi connectivity index (χ0) is 30.2. The minimum Gasteiger partial charge on any atom is -0.482 e. The van der Waals surface area contributed by atoms with E-state index in [0.29, 0.717) is 24.5 Å². The number of aliphatic imine (C=N–C) groups is 1. The smallest absolute Gasteiger partial charge is 0.344 e. The lowest BCUT2D eigenvalue weighted by Crippen LogP contribution is -2.48. The molecule has 4 aliphatic rings. The molecular weight excluding hydrogens is 532 g/mol. The fourth-order valence-electron chi connectivity index (χ4n) is 7.18. The molecule has 1 fully saturated rings. The maximum absolute atomic E-state index is 11.9. The van der Waals surface area contributed by atoms with Crippen LogP contribution in [-0.2, 0) is 16.0 Å². The zero-order valence-electron chi connectivity index (χ0n) is 26.7. The summed E-state index contributed by atoms with van der Waals surface area (Å²) in [5.74, 6) is 1.40. The van der Waals surface area contributed by atoms with Gasteiger partial charge in [0.15, 0.2) is 6.61 Å². The van der Waals surface area contributed by atoms with Crippen molar-refractivity contribution in [1.82, 2.24) is 5.32 Å². The minimum atomic E-state index is -0.331. The Kier molecular flexibility index (Phi) is 10.9. The zero-order valence-corrected chi connectivity index (χ0v) is 26.7. The van der Waals surface area contributed by atoms with Crippen LogP contribution in [0.2, 0.25) is 0 Å². The molecule has 0 saturated heterocycles. The van der Waals surface area contributed by atoms with E-state index in [2.05, 4.69) is 80.8 Å². The van der Waals surface area contributed by atoms with Crippen LogP contribution in [0, 0.1) is 32.6 Å². The number of allylic oxidation sites excluding steroid dienone is 8. The molecule has 1 aromatic rings. The van der Waals surface area contributed by atoms with Crippen LogP contribution in [0.3, 0.4) is 0 Å². The molecule has 5 rings (SSSR count). The summed E-state index contributed by atoms with van der Waals surface area (Å²) in [4.78, 5) is 17.4. The number of benzene rings is 1. The molecule has 3 unspecified atom stereocenters. The Hall–Kier alpha value is -3.18. The first-order valence-corrected chi connectivity index (χ1v) is 16.6. The Bertz CT molecular complexity index is 1340. The van der Waals surface area contributed by atoms with Crippen molar-refractivity contribution in [2.45, 2.75) is 104 Å². The van der Waals surface area contributed by atoms with Gasteiger partial charge in [0, 0.05) is 12.0 Å². The quantitative estimate of drug-likeness (QED) is 0.223. The number of ether oxygens (including phenoxy) is 2. The molecular formula is C38H50N2O3. The second kappa shape index (κ2) is 15.0. The van der Waals surface area contributed by atoms with Gasteiger partial charge in [-0.1, -0.05) is 67.9 Å². The van der Waals surface area contributed by atoms with E-state index in [9.17, 15) is 4.79 Å². The van der Waals surface area contributed by atoms with Crippen LogP contribution in [0.5, 0.6) is 5.75 Å². The summed E-state index contributed by atoms with van der Waals surface area (Å²) in [7, 11) is 0. The van der Waals surface area contributed by atoms with Crippen LogP contribution >= 0.6 is 0 Å². The number of nitrogens with zero attached hydrogens (tertiary/aromatic N) is 1. The van der Waals surface area contributed by atoms with Crippen molar-refractivity contribution >= 4 is 11.7 Å². The molecule has 1 N–H and O–H groups in total. The van der Waals surface area contributed by atoms with Gasteiger partial charge in [-0.05, 0) is 112 Å². The maximum atomic E-state index is 11.9. The SMILES string of the molecule is CCOC(=O)COc1cc(C)c(CC2CC=C(N=C(C3=CC=CCC3)C3C=CC=CC3)C(C3CCCCC3)N2)c(C)c1C. The third-order valence-electron chi connectivity index (χ3n) is 9.70. The molecule has 0 amide bonds. The average molecular weight is 583 g/mol. The number of carbonyl (C=O) groups excluding carboxylic acids is 1. The summed E-state index contributed by atoms with van der Waals surface area (Å²) >= 11 is 0. The van der Waals surface area contributed by atoms with Crippen molar-refractivity contribution in [2.75, 3.05) is 13.2 Å². The van der Waals surface area contributed by atoms with Gasteiger partial charge >= 0.3 is 5.97 Å². The molecule has 1 heterocycles. The largest absolute Gasteiger partial charge is 0.482 e. The Morgan fingerprint density at radius 2 is 1.86 bits per heavy atom. The van der Waals surface area contributed by atoms with E-state index in [-0.39, 0.29) is 18.6 Å². The highest BCUT2D eigenvalue weighted by Crippen LogP contribution is 2.35. The van der Waals surface area contributed by atoms with Crippen LogP contribution in [-0.4, -0.2) is 37.0 Å². The number of esters is 1. The number of rotatable bonds is 10. The number of hydrogen-bond donors (Lipinski definition) is 1. The molecule has 0 aromatic heterocycles. The molecule has 1 saturated carbocycles. The summed E-state index contributed by atoms with van der Waals surface area (Å²) in [5, 5.41) is 4.14. The van der Waals surface area contributed by atoms with Crippen molar-refractivity contribution < 1.29 is 14.3 Å². The highest BCUT2D eigenvalue weighted by atomic mass is 16.6. The fraction of sp³-hybridized carbons (Fsp3) is 0.526. The highest BCUT2D eigenvalue weighted by molar-refractivity contribution is 6.04. The molecule has 0 bridgehead atoms. The summed E-state index contributed by atoms with van der Waals surface area (Å²) in [5.41, 5.74) is 8.84. The van der Waals surface area contributed by atoms with Crippen LogP contribution in [0.4, 0.5) is 0 Å². The summed E-state index contributed by atoms with van der Waals surface area (Å²) in [6.45, 7) is 8.56. The van der Waals surface area contributed by atoms with E-state index in [4.69, 9.17) is 14.5 Å². The van der Waals surface area contributed by atoms with E-state index in [1.807, 2.05) is 6.92 Å². The molecule has 5 heteroatoms. The Morgan fingerprint density at radius 1 is 1.02 bits per heavy atom. The monoisotopic (exact) mass is 582 g/mol. The fourth-order valence-corrected chi connectivity index (χ4v) is 7.18. The lowest BCUT2D eigenvalue weighted by atomic mass is 9.79. The van der Waals surface area contributed by atoms with Gasteiger partial charge in [-0.2, -0.15) is 0 Å². The van der Waals surface area contributed by atoms with Crippen LogP contribution < -0.4 is 10.1 Å². The summed E-state index contributed by atoms with van der Waals surface area (Å²) < 4.78 is 10.9. The lowest BCUT2D eigenvalue weighted by Gasteiger charge is -2.38. The van der Waals surface area contributed by atoms with E-state index in [0.717, 1.165) is 43.4 Å². The molecule has 230 valence electrons. The van der Waals surface area contributed by atoms with E-state index in [1.54, 1.807) is 0 Å². The first-order valence-electron chi connectivity index (χ1n) is 16.6. The molecule has 0 radical (unpaired) electrons. The first kappa shape index (κ1) is 31.3. The third kappa shape index (κ3) is 7.86. The molecule has 1 aliphatic heterocycles. The van der Waals surface area contributed by atoms with Crippen LogP contribution in [0.1, 0.15) is 87.0 Å². The number of aryl methyl sites for hydroxylation is 1. The van der Waals surface area contributed by atoms with Gasteiger partial charge in [0.25, 0.3) is 0 Å². The van der Waals surface area contributed by atoms with Gasteiger partial charge in [0.1, 0.15) is 5.75 Å². The van der Waals surface area contributed by atoms with E-state index >= 15 is 0 Å². The normalized spacial score (nSPS) is 24.5. The Morgan fingerprint density at radius 3 is 2.58 bits per heavy atom. The predicted molar refractivity (Wildman–Crippen MR) is 177 cm³/mol. The Balaban J connectivity index is 1.40. The van der Waals surface area contributed by atoms with Crippen molar-refractivity contribution in [2.24, 2.45) is 16.8 Å². The Labute approximate surface area is 258 Å². The predicted octanol–water partition coefficient (Wildman–Crippen LogP) is 8.14. The van der Waals surface area contributed by atoms with E-state index < -0.39 is 0 Å². The second-order valence-electron chi connectivity index (χ2n) is 12.6. The third-order valence-corrected chi connectivity index (χ3v) is 9.70. The van der Waals surface area contributed by atoms with Crippen LogP contribution in [0.15, 0.2) is 70.9 Å². The highest BCUT2D eigenvalue weighted by Gasteiger charge is 2.33. The second-order valence-corrected chi connectivity index (χ2v) is 12.6. The van der Waals surface area contributed by atoms with Gasteiger partial charge in [0.05, 0.1) is 24.1 Å². The van der Waals surface area contributed by atoms with Gasteiger partial charge in [-0.3, -0.25) is 4.99 Å². The molecule has 3 aliphatic carbocycles. The van der Waals surface area contributed by atoms with Gasteiger partial charge in [0.2, 0.25) is 0 Å². The van der Waals surface area contributed by atoms with Crippen molar-refractivity contribution in [3.8, 4) is 5.75 Å². The number of carbonyl (C=O) groups is 1. The minimum absolute atomic E-state index is 0.0592. The van der Waals surface area contributed by atoms with Gasteiger partial charge < -0.3 is 14.8 Å². The molecule has 5 nitrogen and oxygen atoms in total. The van der Waals surface area contributed by atoms with E-state index in [1.165, 1.54) is 65.8 Å². The average Bonchev–Trinajstić information content (AvgIpc) is 3.04. The molecule has 3 atom stereocenters. The van der Waals surface area contributed by atoms with Crippen molar-refractivity contribution in [1.29, 1.82) is 0 Å². The number of hydrogen-bond acceptors (Lipinski definition) is 5. The number of nitrogens with one attached hydrogen (secondary N) is 1. The molecule has 1 aromatic carbocycles. The van der Waals surface area contributed by atoms with Gasteiger partial charge in [-0.25, -0.2) is 4.79 Å². The van der Waals surface area contributed by atoms with Crippen molar-refractivity contribution in [3.63, 3.8) is 0 Å². The topological polar surface area (TPSA) is 59.9 Å². The summed E-state index contributed by atoms with van der Waals surface area (Å²) in [6.07, 6.45) is 29.8. The van der Waals surface area contributed by atoms with Crippen molar-refractivity contribution in [3.05, 3.63) is 88.2 Å². The first-order chi connectivity index (χ1) is 20.9. The molecule has 43 heavy (non-hydrogen) atoms. The molecule has 0 spiro atoms. The van der Waals surface area contributed by atoms with Crippen LogP contribution in [0.25, 0.3) is 0 Å². The maximum Gasteiger partial charge on any atom is 0.344 e. The standard InChI is InChI=1S/C38H50N2O3/c1-5-42-36(41)25-43-35-23-26(2)33(27(3)28(35)4)24-32-21-22-34(38(39-32)31-19-13-8-14-20-31)40-37(29-15-9-6-10-16-29)30-17-11-7-12-18-30/h6-7,9-11,15,17,22-23,29,31-32,38-39H,5,8,12-14,16,18-21,24-25H2,1-4H3. The lowest BCUT2D eigenvalue weighted by molar-refractivity contribution is -0.145. The summed E-state index contributed by atoms with van der Waals surface area (Å²) in [6, 6.07) is 2.73. The van der Waals surface area contributed by atoms with Gasteiger partial charge in [-0.15, -0.1) is 0 Å².